The smallest absolute Gasteiger partial charge is 0.321 e. The van der Waals surface area contributed by atoms with Crippen LogP contribution in [0.1, 0.15) is 68.7 Å². The predicted molar refractivity (Wildman–Crippen MR) is 112 cm³/mol. The van der Waals surface area contributed by atoms with Gasteiger partial charge in [-0.25, -0.2) is 0 Å². The number of rotatable bonds is 7. The summed E-state index contributed by atoms with van der Waals surface area (Å²) < 4.78 is 0. The number of allylic oxidation sites excluding steroid dienone is 5. The second-order valence-electron chi connectivity index (χ2n) is 6.22. The Labute approximate surface area is 156 Å². The van der Waals surface area contributed by atoms with E-state index < -0.39 is 17.4 Å². The summed E-state index contributed by atoms with van der Waals surface area (Å²) in [6.45, 7) is 21.7. The lowest BCUT2D eigenvalue weighted by molar-refractivity contribution is -0.141. The average Bonchev–Trinajstić information content (AvgIpc) is 2.58. The van der Waals surface area contributed by atoms with E-state index in [1.165, 1.54) is 0 Å². The minimum Gasteiger partial charge on any atom is -0.480 e. The van der Waals surface area contributed by atoms with Crippen molar-refractivity contribution in [1.29, 1.82) is 0 Å². The van der Waals surface area contributed by atoms with Crippen molar-refractivity contribution < 1.29 is 15.0 Å². The number of aliphatic hydroxyl groups is 1. The minimum atomic E-state index is -0.957. The summed E-state index contributed by atoms with van der Waals surface area (Å²) in [7, 11) is 1.00. The lowest BCUT2D eigenvalue weighted by atomic mass is 9.68. The van der Waals surface area contributed by atoms with Crippen molar-refractivity contribution in [3.05, 3.63) is 36.5 Å². The molecular weight excluding hydrogens is 314 g/mol. The summed E-state index contributed by atoms with van der Waals surface area (Å²) in [6, 6.07) is -0.873. The number of hydrogen-bond donors (Lipinski definition) is 3. The van der Waals surface area contributed by atoms with Gasteiger partial charge < -0.3 is 15.9 Å². The maximum absolute atomic E-state index is 11.1. The summed E-state index contributed by atoms with van der Waals surface area (Å²) in [5.41, 5.74) is 6.26. The predicted octanol–water partition coefficient (Wildman–Crippen LogP) is 5.19. The zero-order chi connectivity index (χ0) is 21.3. The molecule has 4 N–H and O–H groups in total. The molecule has 0 radical (unpaired) electrons. The van der Waals surface area contributed by atoms with E-state index in [9.17, 15) is 4.79 Å². The summed E-state index contributed by atoms with van der Waals surface area (Å²) in [6.07, 6.45) is 8.40. The van der Waals surface area contributed by atoms with Gasteiger partial charge in [-0.2, -0.15) is 0 Å². The first-order valence-electron chi connectivity index (χ1n) is 8.97. The van der Waals surface area contributed by atoms with Gasteiger partial charge in [-0.1, -0.05) is 86.3 Å². The lowest BCUT2D eigenvalue weighted by Gasteiger charge is -2.38. The van der Waals surface area contributed by atoms with Gasteiger partial charge in [0.25, 0.3) is 0 Å². The molecule has 0 rings (SSSR count). The second kappa shape index (κ2) is 17.4. The number of carbonyl (C=O) groups is 1. The maximum atomic E-state index is 11.1. The fourth-order valence-corrected chi connectivity index (χ4v) is 2.50. The molecule has 0 spiro atoms. The maximum Gasteiger partial charge on any atom is 0.321 e. The molecule has 0 aliphatic rings. The van der Waals surface area contributed by atoms with Crippen LogP contribution in [-0.4, -0.2) is 29.3 Å². The normalized spacial score (nSPS) is 12.6. The minimum absolute atomic E-state index is 0.169. The van der Waals surface area contributed by atoms with Crippen molar-refractivity contribution in [1.82, 2.24) is 0 Å². The van der Waals surface area contributed by atoms with Gasteiger partial charge in [0.2, 0.25) is 0 Å². The van der Waals surface area contributed by atoms with E-state index in [0.29, 0.717) is 6.42 Å². The number of aliphatic carboxylic acids is 1. The van der Waals surface area contributed by atoms with Crippen LogP contribution in [0.5, 0.6) is 0 Å². The largest absolute Gasteiger partial charge is 0.480 e. The van der Waals surface area contributed by atoms with E-state index in [4.69, 9.17) is 15.9 Å². The molecule has 0 aromatic rings. The van der Waals surface area contributed by atoms with Crippen LogP contribution >= 0.6 is 0 Å². The quantitative estimate of drug-likeness (QED) is 0.547. The monoisotopic (exact) mass is 357 g/mol. The van der Waals surface area contributed by atoms with Crippen LogP contribution in [0, 0.1) is 10.8 Å². The van der Waals surface area contributed by atoms with E-state index in [-0.39, 0.29) is 5.41 Å². The molecule has 4 heteroatoms. The van der Waals surface area contributed by atoms with E-state index in [0.717, 1.165) is 12.7 Å². The number of hydrogen-bond acceptors (Lipinski definition) is 3. The fourth-order valence-electron chi connectivity index (χ4n) is 2.50. The van der Waals surface area contributed by atoms with Crippen LogP contribution < -0.4 is 5.73 Å². The van der Waals surface area contributed by atoms with E-state index >= 15 is 0 Å². The highest BCUT2D eigenvalue weighted by Gasteiger charge is 2.38. The Morgan fingerprint density at radius 1 is 1.12 bits per heavy atom. The van der Waals surface area contributed by atoms with Crippen LogP contribution in [0.3, 0.4) is 0 Å². The highest BCUT2D eigenvalue weighted by atomic mass is 16.4. The topological polar surface area (TPSA) is 83.6 Å². The number of nitrogens with two attached hydrogens (primary N) is 1. The van der Waals surface area contributed by atoms with Crippen LogP contribution in [0.2, 0.25) is 0 Å². The zero-order valence-corrected chi connectivity index (χ0v) is 18.2. The Bertz CT molecular complexity index is 394. The molecule has 0 aliphatic carbocycles. The van der Waals surface area contributed by atoms with Crippen molar-refractivity contribution >= 4 is 5.97 Å². The van der Waals surface area contributed by atoms with Gasteiger partial charge in [-0.15, -0.1) is 0 Å². The Balaban J connectivity index is -0.000000329. The molecule has 1 atom stereocenters. The molecule has 0 aliphatic heterocycles. The number of aliphatic hydroxyl groups excluding tert-OH is 1. The van der Waals surface area contributed by atoms with Crippen molar-refractivity contribution in [2.24, 2.45) is 16.6 Å². The molecular formula is C21H43NO3. The third-order valence-corrected chi connectivity index (χ3v) is 3.43. The molecule has 0 amide bonds. The Kier molecular flexibility index (Phi) is 21.9. The van der Waals surface area contributed by atoms with Gasteiger partial charge >= 0.3 is 5.97 Å². The van der Waals surface area contributed by atoms with Crippen molar-refractivity contribution in [3.63, 3.8) is 0 Å². The van der Waals surface area contributed by atoms with Gasteiger partial charge in [0, 0.05) is 7.11 Å². The van der Waals surface area contributed by atoms with Crippen molar-refractivity contribution in [2.45, 2.75) is 74.8 Å². The van der Waals surface area contributed by atoms with Gasteiger partial charge in [-0.3, -0.25) is 4.79 Å². The first-order valence-corrected chi connectivity index (χ1v) is 8.97. The van der Waals surface area contributed by atoms with Crippen molar-refractivity contribution in [3.8, 4) is 0 Å². The summed E-state index contributed by atoms with van der Waals surface area (Å²) in [5.74, 6) is -0.957. The highest BCUT2D eigenvalue weighted by Crippen LogP contribution is 2.41. The van der Waals surface area contributed by atoms with Crippen molar-refractivity contribution in [2.75, 3.05) is 7.11 Å². The van der Waals surface area contributed by atoms with Crippen LogP contribution in [0.15, 0.2) is 36.5 Å². The summed E-state index contributed by atoms with van der Waals surface area (Å²) >= 11 is 0. The molecule has 0 heterocycles. The molecule has 0 aromatic carbocycles. The second-order valence-corrected chi connectivity index (χ2v) is 6.22. The molecule has 0 aromatic heterocycles. The molecule has 25 heavy (non-hydrogen) atoms. The standard InChI is InChI=1S/C16H27NO2.2C2H6.CH4O/c1-7-9-12(10-8-2)15(3,4)11-16(5,6)13(17)14(18)19;3*1-2/h7-10,13H,1,11,17H2,2-6H3,(H,18,19);2*1-2H3;2H,1H3/b10-8-,12-9+;;;/t13-;;;/m1.../s1. The highest BCUT2D eigenvalue weighted by molar-refractivity contribution is 5.74. The van der Waals surface area contributed by atoms with Gasteiger partial charge in [0.1, 0.15) is 6.04 Å². The molecule has 4 nitrogen and oxygen atoms in total. The molecule has 0 unspecified atom stereocenters. The first-order chi connectivity index (χ1) is 11.6. The molecule has 0 saturated carbocycles. The van der Waals surface area contributed by atoms with Crippen LogP contribution in [0.25, 0.3) is 0 Å². The third-order valence-electron chi connectivity index (χ3n) is 3.43. The van der Waals surface area contributed by atoms with E-state index in [1.54, 1.807) is 6.08 Å². The average molecular weight is 358 g/mol. The molecule has 0 bridgehead atoms. The van der Waals surface area contributed by atoms with E-state index in [2.05, 4.69) is 20.4 Å². The van der Waals surface area contributed by atoms with Gasteiger partial charge in [0.15, 0.2) is 0 Å². The number of carboxylic acids is 1. The lowest BCUT2D eigenvalue weighted by Crippen LogP contribution is -2.46. The van der Waals surface area contributed by atoms with Gasteiger partial charge in [-0.05, 0) is 29.7 Å². The zero-order valence-electron chi connectivity index (χ0n) is 18.2. The Hall–Kier alpha value is -1.39. The Morgan fingerprint density at radius 2 is 1.52 bits per heavy atom. The summed E-state index contributed by atoms with van der Waals surface area (Å²) in [5, 5.41) is 16.1. The van der Waals surface area contributed by atoms with E-state index in [1.807, 2.05) is 66.7 Å². The Morgan fingerprint density at radius 3 is 1.80 bits per heavy atom. The third kappa shape index (κ3) is 13.6. The van der Waals surface area contributed by atoms with Crippen LogP contribution in [0.4, 0.5) is 0 Å². The SMILES string of the molecule is C=C/C=C(\C=C/C)C(C)(C)CC(C)(C)[C@H](N)C(=O)O.CC.CC.CO. The first kappa shape index (κ1) is 31.4. The number of carboxylic acid groups (broad SMARTS) is 1. The van der Waals surface area contributed by atoms with Crippen LogP contribution in [-0.2, 0) is 4.79 Å². The molecule has 0 saturated heterocycles. The fraction of sp³-hybridized carbons (Fsp3) is 0.667. The summed E-state index contributed by atoms with van der Waals surface area (Å²) in [4.78, 5) is 11.1. The molecule has 150 valence electrons. The van der Waals surface area contributed by atoms with Gasteiger partial charge in [0.05, 0.1) is 0 Å². The molecule has 0 fully saturated rings.